The van der Waals surface area contributed by atoms with Crippen molar-refractivity contribution >= 4 is 39.0 Å². The van der Waals surface area contributed by atoms with Crippen LogP contribution in [-0.4, -0.2) is 18.5 Å². The Morgan fingerprint density at radius 2 is 1.96 bits per heavy atom. The van der Waals surface area contributed by atoms with Crippen molar-refractivity contribution in [2.45, 2.75) is 6.92 Å². The van der Waals surface area contributed by atoms with Crippen molar-refractivity contribution in [1.29, 1.82) is 0 Å². The average Bonchev–Trinajstić information content (AvgIpc) is 3.01. The average molecular weight is 361 g/mol. The Morgan fingerprint density at radius 3 is 2.72 bits per heavy atom. The van der Waals surface area contributed by atoms with Crippen molar-refractivity contribution in [2.24, 2.45) is 0 Å². The molecule has 0 saturated carbocycles. The van der Waals surface area contributed by atoms with Crippen LogP contribution in [0.15, 0.2) is 42.5 Å². The van der Waals surface area contributed by atoms with E-state index in [0.717, 1.165) is 16.2 Å². The zero-order valence-electron chi connectivity index (χ0n) is 13.1. The van der Waals surface area contributed by atoms with Crippen LogP contribution in [0.5, 0.6) is 0 Å². The fourth-order valence-electron chi connectivity index (χ4n) is 2.30. The highest BCUT2D eigenvalue weighted by molar-refractivity contribution is 7.20. The van der Waals surface area contributed by atoms with Crippen molar-refractivity contribution in [2.75, 3.05) is 11.9 Å². The van der Waals surface area contributed by atoms with E-state index in [1.54, 1.807) is 31.2 Å². The molecule has 0 bridgehead atoms. The number of amides is 1. The molecule has 7 heteroatoms. The molecule has 25 heavy (non-hydrogen) atoms. The summed E-state index contributed by atoms with van der Waals surface area (Å²) in [7, 11) is 0. The quantitative estimate of drug-likeness (QED) is 0.691. The number of ether oxygens (including phenoxy) is 1. The predicted octanol–water partition coefficient (Wildman–Crippen LogP) is 4.61. The van der Waals surface area contributed by atoms with E-state index in [4.69, 9.17) is 4.74 Å². The maximum Gasteiger partial charge on any atom is 0.348 e. The van der Waals surface area contributed by atoms with Gasteiger partial charge in [0.15, 0.2) is 11.6 Å². The van der Waals surface area contributed by atoms with Crippen molar-refractivity contribution in [1.82, 2.24) is 0 Å². The molecule has 0 aliphatic rings. The Morgan fingerprint density at radius 1 is 1.16 bits per heavy atom. The summed E-state index contributed by atoms with van der Waals surface area (Å²) in [5.74, 6) is -3.44. The van der Waals surface area contributed by atoms with Crippen molar-refractivity contribution in [3.63, 3.8) is 0 Å². The Labute approximate surface area is 146 Å². The molecular weight excluding hydrogens is 348 g/mol. The molecule has 128 valence electrons. The second-order valence-corrected chi connectivity index (χ2v) is 6.22. The van der Waals surface area contributed by atoms with Crippen LogP contribution in [0, 0.1) is 11.6 Å². The molecule has 0 unspecified atom stereocenters. The third-order valence-electron chi connectivity index (χ3n) is 3.45. The molecule has 1 N–H and O–H groups in total. The van der Waals surface area contributed by atoms with Crippen LogP contribution in [0.1, 0.15) is 27.0 Å². The van der Waals surface area contributed by atoms with Gasteiger partial charge in [-0.3, -0.25) is 4.79 Å². The largest absolute Gasteiger partial charge is 0.462 e. The first-order valence-electron chi connectivity index (χ1n) is 7.45. The maximum absolute atomic E-state index is 13.7. The molecule has 3 rings (SSSR count). The second-order valence-electron chi connectivity index (χ2n) is 5.14. The molecule has 1 aromatic heterocycles. The van der Waals surface area contributed by atoms with Gasteiger partial charge in [0, 0.05) is 10.4 Å². The second kappa shape index (κ2) is 6.98. The third-order valence-corrected chi connectivity index (χ3v) is 4.54. The minimum atomic E-state index is -1.19. The summed E-state index contributed by atoms with van der Waals surface area (Å²) in [6.45, 7) is 2.01. The fraction of sp³-hybridized carbons (Fsp3) is 0.111. The summed E-state index contributed by atoms with van der Waals surface area (Å²) >= 11 is 1.28. The molecule has 0 aliphatic heterocycles. The Bertz CT molecular complexity index is 968. The lowest BCUT2D eigenvalue weighted by Gasteiger charge is -2.06. The molecule has 4 nitrogen and oxygen atoms in total. The van der Waals surface area contributed by atoms with E-state index >= 15 is 0 Å². The molecule has 1 amide bonds. The monoisotopic (exact) mass is 361 g/mol. The van der Waals surface area contributed by atoms with Crippen molar-refractivity contribution in [3.05, 3.63) is 64.5 Å². The molecule has 0 atom stereocenters. The van der Waals surface area contributed by atoms with Gasteiger partial charge in [-0.25, -0.2) is 13.6 Å². The number of thiophene rings is 1. The van der Waals surface area contributed by atoms with Crippen LogP contribution in [-0.2, 0) is 4.74 Å². The Kier molecular flexibility index (Phi) is 4.76. The summed E-state index contributed by atoms with van der Waals surface area (Å²) in [5, 5.41) is 3.27. The van der Waals surface area contributed by atoms with Gasteiger partial charge in [0.1, 0.15) is 4.88 Å². The number of benzene rings is 2. The van der Waals surface area contributed by atoms with Crippen LogP contribution in [0.25, 0.3) is 10.1 Å². The van der Waals surface area contributed by atoms with Gasteiger partial charge in [-0.15, -0.1) is 11.3 Å². The lowest BCUT2D eigenvalue weighted by molar-refractivity contribution is 0.0532. The lowest BCUT2D eigenvalue weighted by Crippen LogP contribution is -2.14. The van der Waals surface area contributed by atoms with Gasteiger partial charge in [0.05, 0.1) is 12.2 Å². The van der Waals surface area contributed by atoms with Crippen molar-refractivity contribution in [3.8, 4) is 0 Å². The first kappa shape index (κ1) is 17.0. The highest BCUT2D eigenvalue weighted by Crippen LogP contribution is 2.29. The molecule has 3 aromatic rings. The lowest BCUT2D eigenvalue weighted by atomic mass is 10.1. The number of hydrogen-bond donors (Lipinski definition) is 1. The standard InChI is InChI=1S/C18H13F2NO3S/c1-2-24-18(23)15-9-10-8-11(6-7-14(10)25-15)21-17(22)12-4-3-5-13(19)16(12)20/h3-9H,2H2,1H3,(H,21,22). The number of carbonyl (C=O) groups excluding carboxylic acids is 2. The number of halogens is 2. The molecule has 0 saturated heterocycles. The van der Waals surface area contributed by atoms with Gasteiger partial charge < -0.3 is 10.1 Å². The van der Waals surface area contributed by atoms with Gasteiger partial charge in [0.2, 0.25) is 0 Å². The van der Waals surface area contributed by atoms with E-state index in [1.165, 1.54) is 23.5 Å². The first-order chi connectivity index (χ1) is 12.0. The summed E-state index contributed by atoms with van der Waals surface area (Å²) < 4.78 is 32.7. The molecule has 0 radical (unpaired) electrons. The van der Waals surface area contributed by atoms with E-state index in [2.05, 4.69) is 5.32 Å². The van der Waals surface area contributed by atoms with Crippen LogP contribution in [0.3, 0.4) is 0 Å². The van der Waals surface area contributed by atoms with E-state index in [0.29, 0.717) is 10.6 Å². The van der Waals surface area contributed by atoms with Crippen LogP contribution >= 0.6 is 11.3 Å². The van der Waals surface area contributed by atoms with E-state index < -0.39 is 23.5 Å². The number of esters is 1. The molecule has 0 fully saturated rings. The van der Waals surface area contributed by atoms with E-state index in [9.17, 15) is 18.4 Å². The minimum Gasteiger partial charge on any atom is -0.462 e. The van der Waals surface area contributed by atoms with E-state index in [1.807, 2.05) is 0 Å². The molecule has 2 aromatic carbocycles. The summed E-state index contributed by atoms with van der Waals surface area (Å²) in [4.78, 5) is 24.4. The SMILES string of the molecule is CCOC(=O)c1cc2cc(NC(=O)c3cccc(F)c3F)ccc2s1. The van der Waals surface area contributed by atoms with Crippen LogP contribution in [0.4, 0.5) is 14.5 Å². The smallest absolute Gasteiger partial charge is 0.348 e. The summed E-state index contributed by atoms with van der Waals surface area (Å²) in [5.41, 5.74) is 0.0343. The number of fused-ring (bicyclic) bond motifs is 1. The first-order valence-corrected chi connectivity index (χ1v) is 8.27. The number of rotatable bonds is 4. The molecule has 1 heterocycles. The third kappa shape index (κ3) is 3.51. The topological polar surface area (TPSA) is 55.4 Å². The fourth-order valence-corrected chi connectivity index (χ4v) is 3.24. The van der Waals surface area contributed by atoms with Crippen molar-refractivity contribution < 1.29 is 23.1 Å². The number of hydrogen-bond acceptors (Lipinski definition) is 4. The summed E-state index contributed by atoms with van der Waals surface area (Å²) in [6.07, 6.45) is 0. The molecule has 0 spiro atoms. The zero-order valence-corrected chi connectivity index (χ0v) is 14.0. The maximum atomic E-state index is 13.7. The van der Waals surface area contributed by atoms with E-state index in [-0.39, 0.29) is 12.2 Å². The number of nitrogens with one attached hydrogen (secondary N) is 1. The minimum absolute atomic E-state index is 0.285. The van der Waals surface area contributed by atoms with Gasteiger partial charge in [-0.1, -0.05) is 6.07 Å². The highest BCUT2D eigenvalue weighted by atomic mass is 32.1. The Hall–Kier alpha value is -2.80. The molecular formula is C18H13F2NO3S. The zero-order chi connectivity index (χ0) is 18.0. The number of carbonyl (C=O) groups is 2. The molecule has 0 aliphatic carbocycles. The van der Waals surface area contributed by atoms with Gasteiger partial charge in [-0.2, -0.15) is 0 Å². The summed E-state index contributed by atoms with van der Waals surface area (Å²) in [6, 6.07) is 10.1. The van der Waals surface area contributed by atoms with Crippen LogP contribution < -0.4 is 5.32 Å². The van der Waals surface area contributed by atoms with Gasteiger partial charge in [0.25, 0.3) is 5.91 Å². The number of anilines is 1. The predicted molar refractivity (Wildman–Crippen MR) is 92.1 cm³/mol. The normalized spacial score (nSPS) is 10.7. The Balaban J connectivity index is 1.85. The van der Waals surface area contributed by atoms with Gasteiger partial charge in [-0.05, 0) is 48.7 Å². The highest BCUT2D eigenvalue weighted by Gasteiger charge is 2.16. The van der Waals surface area contributed by atoms with Crippen LogP contribution in [0.2, 0.25) is 0 Å². The van der Waals surface area contributed by atoms with Gasteiger partial charge >= 0.3 is 5.97 Å².